The van der Waals surface area contributed by atoms with Crippen LogP contribution in [0.5, 0.6) is 0 Å². The number of nitriles is 1. The molecule has 0 aromatic rings. The maximum atomic E-state index is 10.9. The molecule has 0 radical (unpaired) electrons. The summed E-state index contributed by atoms with van der Waals surface area (Å²) in [6, 6.07) is 2.02. The van der Waals surface area contributed by atoms with E-state index in [9.17, 15) is 4.79 Å². The zero-order valence-corrected chi connectivity index (χ0v) is 10.6. The molecular weight excluding hydrogens is 249 g/mol. The van der Waals surface area contributed by atoms with E-state index in [4.69, 9.17) is 11.0 Å². The van der Waals surface area contributed by atoms with E-state index in [0.29, 0.717) is 12.1 Å². The molecule has 1 aliphatic rings. The van der Waals surface area contributed by atoms with Gasteiger partial charge < -0.3 is 5.73 Å². The van der Waals surface area contributed by atoms with E-state index in [2.05, 4.69) is 11.5 Å². The highest BCUT2D eigenvalue weighted by molar-refractivity contribution is 5.85. The molecule has 0 unspecified atom stereocenters. The van der Waals surface area contributed by atoms with Gasteiger partial charge >= 0.3 is 0 Å². The number of primary amides is 1. The van der Waals surface area contributed by atoms with Gasteiger partial charge in [-0.05, 0) is 25.9 Å². The maximum Gasteiger partial charge on any atom is 0.220 e. The van der Waals surface area contributed by atoms with Crippen molar-refractivity contribution in [2.75, 3.05) is 19.6 Å². The Kier molecular flexibility index (Phi) is 9.25. The van der Waals surface area contributed by atoms with Crippen molar-refractivity contribution in [1.29, 1.82) is 5.26 Å². The molecule has 0 spiro atoms. The molecule has 1 rings (SSSR count). The molecule has 1 amide bonds. The quantitative estimate of drug-likeness (QED) is 0.778. The molecule has 1 aliphatic heterocycles. The van der Waals surface area contributed by atoms with Gasteiger partial charge in [0.25, 0.3) is 0 Å². The summed E-state index contributed by atoms with van der Waals surface area (Å²) in [5.41, 5.74) is 5.78. The lowest BCUT2D eigenvalue weighted by molar-refractivity contribution is -0.123. The van der Waals surface area contributed by atoms with Crippen molar-refractivity contribution in [2.45, 2.75) is 12.8 Å². The molecule has 0 saturated carbocycles. The van der Waals surface area contributed by atoms with Crippen LogP contribution >= 0.6 is 24.8 Å². The molecule has 1 saturated heterocycles. The summed E-state index contributed by atoms with van der Waals surface area (Å²) in [6.45, 7) is 5.90. The van der Waals surface area contributed by atoms with Gasteiger partial charge in [-0.15, -0.1) is 24.8 Å². The number of hydrogen-bond donors (Lipinski definition) is 1. The molecule has 0 atom stereocenters. The van der Waals surface area contributed by atoms with Crippen LogP contribution in [0.15, 0.2) is 12.2 Å². The average Bonchev–Trinajstić information content (AvgIpc) is 2.18. The van der Waals surface area contributed by atoms with Gasteiger partial charge in [-0.2, -0.15) is 5.26 Å². The van der Waals surface area contributed by atoms with Crippen molar-refractivity contribution in [1.82, 2.24) is 4.90 Å². The van der Waals surface area contributed by atoms with Gasteiger partial charge in [0.15, 0.2) is 0 Å². The van der Waals surface area contributed by atoms with Gasteiger partial charge in [-0.25, -0.2) is 0 Å². The third-order valence-corrected chi connectivity index (χ3v) is 2.56. The maximum absolute atomic E-state index is 10.9. The fourth-order valence-electron chi connectivity index (χ4n) is 1.68. The lowest BCUT2D eigenvalue weighted by Gasteiger charge is -2.29. The minimum Gasteiger partial charge on any atom is -0.369 e. The van der Waals surface area contributed by atoms with Gasteiger partial charge in [0.05, 0.1) is 6.07 Å². The van der Waals surface area contributed by atoms with Crippen LogP contribution in [-0.2, 0) is 4.79 Å². The lowest BCUT2D eigenvalue weighted by atomic mass is 9.96. The summed E-state index contributed by atoms with van der Waals surface area (Å²) in [4.78, 5) is 13.0. The fourth-order valence-corrected chi connectivity index (χ4v) is 1.68. The van der Waals surface area contributed by atoms with Crippen LogP contribution in [0.4, 0.5) is 0 Å². The lowest BCUT2D eigenvalue weighted by Crippen LogP contribution is -2.39. The van der Waals surface area contributed by atoms with E-state index >= 15 is 0 Å². The molecule has 2 N–H and O–H groups in total. The predicted octanol–water partition coefficient (Wildman–Crippen LogP) is 1.11. The van der Waals surface area contributed by atoms with Crippen LogP contribution in [0, 0.1) is 17.2 Å². The summed E-state index contributed by atoms with van der Waals surface area (Å²) in [5.74, 6) is -0.189. The molecule has 92 valence electrons. The molecule has 4 nitrogen and oxygen atoms in total. The number of carbonyl (C=O) groups is 1. The summed E-state index contributed by atoms with van der Waals surface area (Å²) < 4.78 is 0. The molecular formula is C10H17Cl2N3O. The Hall–Kier alpha value is -0.760. The number of piperidine rings is 1. The Labute approximate surface area is 108 Å². The Morgan fingerprint density at radius 3 is 2.31 bits per heavy atom. The minimum atomic E-state index is -0.205. The van der Waals surface area contributed by atoms with Crippen LogP contribution in [0.3, 0.4) is 0 Å². The number of nitrogens with zero attached hydrogens (tertiary/aromatic N) is 2. The van der Waals surface area contributed by atoms with Crippen LogP contribution in [-0.4, -0.2) is 30.4 Å². The van der Waals surface area contributed by atoms with Crippen molar-refractivity contribution in [3.63, 3.8) is 0 Å². The van der Waals surface area contributed by atoms with Crippen molar-refractivity contribution in [3.8, 4) is 6.07 Å². The summed E-state index contributed by atoms with van der Waals surface area (Å²) in [6.07, 6.45) is 1.60. The van der Waals surface area contributed by atoms with E-state index in [1.807, 2.05) is 6.07 Å². The largest absolute Gasteiger partial charge is 0.369 e. The molecule has 0 aliphatic carbocycles. The first-order chi connectivity index (χ1) is 6.63. The number of halogens is 2. The standard InChI is InChI=1S/C10H15N3O.2ClH/c1-8(6-11)7-13-4-2-9(3-5-13)10(12)14;;/h9H,1-5,7H2,(H2,12,14);2*1H. The van der Waals surface area contributed by atoms with Crippen molar-refractivity contribution < 1.29 is 4.79 Å². The summed E-state index contributed by atoms with van der Waals surface area (Å²) in [5, 5.41) is 8.56. The summed E-state index contributed by atoms with van der Waals surface area (Å²) in [7, 11) is 0. The van der Waals surface area contributed by atoms with E-state index < -0.39 is 0 Å². The molecule has 1 fully saturated rings. The number of hydrogen-bond acceptors (Lipinski definition) is 3. The molecule has 6 heteroatoms. The molecule has 1 heterocycles. The Morgan fingerprint density at radius 1 is 1.44 bits per heavy atom. The number of nitrogens with two attached hydrogens (primary N) is 1. The van der Waals surface area contributed by atoms with Crippen molar-refractivity contribution >= 4 is 30.7 Å². The SMILES string of the molecule is C=C(C#N)CN1CCC(C(N)=O)CC1.Cl.Cl. The highest BCUT2D eigenvalue weighted by Crippen LogP contribution is 2.16. The number of amides is 1. The van der Waals surface area contributed by atoms with Crippen LogP contribution in [0.1, 0.15) is 12.8 Å². The zero-order valence-electron chi connectivity index (χ0n) is 9.02. The fraction of sp³-hybridized carbons (Fsp3) is 0.600. The van der Waals surface area contributed by atoms with Crippen molar-refractivity contribution in [3.05, 3.63) is 12.2 Å². The highest BCUT2D eigenvalue weighted by Gasteiger charge is 2.22. The molecule has 0 aromatic heterocycles. The second kappa shape index (κ2) is 8.40. The number of carbonyl (C=O) groups excluding carboxylic acids is 1. The number of likely N-dealkylation sites (tertiary alicyclic amines) is 1. The van der Waals surface area contributed by atoms with E-state index in [1.54, 1.807) is 0 Å². The smallest absolute Gasteiger partial charge is 0.220 e. The van der Waals surface area contributed by atoms with Gasteiger partial charge in [-0.1, -0.05) is 6.58 Å². The Balaban J connectivity index is 0. The van der Waals surface area contributed by atoms with Crippen LogP contribution in [0.2, 0.25) is 0 Å². The minimum absolute atomic E-state index is 0. The first-order valence-corrected chi connectivity index (χ1v) is 4.73. The van der Waals surface area contributed by atoms with Crippen molar-refractivity contribution in [2.24, 2.45) is 11.7 Å². The van der Waals surface area contributed by atoms with Gasteiger partial charge in [0, 0.05) is 18.0 Å². The zero-order chi connectivity index (χ0) is 10.6. The first-order valence-electron chi connectivity index (χ1n) is 4.73. The molecule has 16 heavy (non-hydrogen) atoms. The third-order valence-electron chi connectivity index (χ3n) is 2.56. The molecule has 0 bridgehead atoms. The predicted molar refractivity (Wildman–Crippen MR) is 67.6 cm³/mol. The van der Waals surface area contributed by atoms with E-state index in [-0.39, 0.29) is 36.6 Å². The van der Waals surface area contributed by atoms with Crippen LogP contribution < -0.4 is 5.73 Å². The first kappa shape index (κ1) is 17.6. The second-order valence-corrected chi connectivity index (χ2v) is 3.67. The van der Waals surface area contributed by atoms with Crippen LogP contribution in [0.25, 0.3) is 0 Å². The highest BCUT2D eigenvalue weighted by atomic mass is 35.5. The van der Waals surface area contributed by atoms with Gasteiger partial charge in [-0.3, -0.25) is 9.69 Å². The molecule has 0 aromatic carbocycles. The third kappa shape index (κ3) is 5.36. The van der Waals surface area contributed by atoms with Gasteiger partial charge in [0.2, 0.25) is 5.91 Å². The van der Waals surface area contributed by atoms with E-state index in [0.717, 1.165) is 25.9 Å². The monoisotopic (exact) mass is 265 g/mol. The number of rotatable bonds is 3. The van der Waals surface area contributed by atoms with E-state index in [1.165, 1.54) is 0 Å². The van der Waals surface area contributed by atoms with Gasteiger partial charge in [0.1, 0.15) is 0 Å². The topological polar surface area (TPSA) is 70.1 Å². The average molecular weight is 266 g/mol. The summed E-state index contributed by atoms with van der Waals surface area (Å²) >= 11 is 0. The normalized spacial score (nSPS) is 16.4. The Bertz CT molecular complexity index is 280. The Morgan fingerprint density at radius 2 is 1.94 bits per heavy atom. The second-order valence-electron chi connectivity index (χ2n) is 3.67.